The summed E-state index contributed by atoms with van der Waals surface area (Å²) in [4.78, 5) is 6.34. The molecule has 1 unspecified atom stereocenters. The van der Waals surface area contributed by atoms with Crippen molar-refractivity contribution < 1.29 is 4.74 Å². The summed E-state index contributed by atoms with van der Waals surface area (Å²) in [6.45, 7) is 5.59. The van der Waals surface area contributed by atoms with Crippen LogP contribution in [-0.2, 0) is 11.3 Å². The molecule has 0 saturated carbocycles. The summed E-state index contributed by atoms with van der Waals surface area (Å²) >= 11 is 0. The Morgan fingerprint density at radius 1 is 1.36 bits per heavy atom. The van der Waals surface area contributed by atoms with Gasteiger partial charge in [-0.05, 0) is 37.1 Å². The summed E-state index contributed by atoms with van der Waals surface area (Å²) in [5.74, 6) is 0.788. The summed E-state index contributed by atoms with van der Waals surface area (Å²) in [5, 5.41) is 6.63. The maximum Gasteiger partial charge on any atom is 0.191 e. The second-order valence-corrected chi connectivity index (χ2v) is 5.43. The number of anilines is 1. The summed E-state index contributed by atoms with van der Waals surface area (Å²) in [6, 6.07) is 6.70. The third kappa shape index (κ3) is 6.83. The molecule has 0 aliphatic rings. The fraction of sp³-hybridized carbons (Fsp3) is 0.562. The first-order valence-electron chi connectivity index (χ1n) is 7.21. The summed E-state index contributed by atoms with van der Waals surface area (Å²) in [7, 11) is 7.58. The van der Waals surface area contributed by atoms with Gasteiger partial charge in [0.1, 0.15) is 0 Å². The van der Waals surface area contributed by atoms with Crippen LogP contribution in [0.1, 0.15) is 18.1 Å². The third-order valence-electron chi connectivity index (χ3n) is 3.31. The number of guanidine groups is 1. The Kier molecular flexibility index (Phi) is 10.2. The van der Waals surface area contributed by atoms with Gasteiger partial charge in [-0.1, -0.05) is 6.07 Å². The zero-order valence-corrected chi connectivity index (χ0v) is 16.8. The molecule has 0 spiro atoms. The van der Waals surface area contributed by atoms with E-state index in [0.29, 0.717) is 6.61 Å². The predicted molar refractivity (Wildman–Crippen MR) is 106 cm³/mol. The molecule has 0 aliphatic heterocycles. The number of benzene rings is 1. The monoisotopic (exact) mass is 420 g/mol. The minimum Gasteiger partial charge on any atom is -0.383 e. The van der Waals surface area contributed by atoms with Gasteiger partial charge in [0.25, 0.3) is 0 Å². The molecule has 5 nitrogen and oxygen atoms in total. The molecular weight excluding hydrogens is 391 g/mol. The fourth-order valence-corrected chi connectivity index (χ4v) is 2.06. The predicted octanol–water partition coefficient (Wildman–Crippen LogP) is 2.38. The van der Waals surface area contributed by atoms with Crippen molar-refractivity contribution in [2.24, 2.45) is 4.99 Å². The van der Waals surface area contributed by atoms with Crippen LogP contribution in [0, 0.1) is 6.92 Å². The van der Waals surface area contributed by atoms with Crippen molar-refractivity contribution in [3.63, 3.8) is 0 Å². The third-order valence-corrected chi connectivity index (χ3v) is 3.31. The molecule has 0 radical (unpaired) electrons. The van der Waals surface area contributed by atoms with Crippen molar-refractivity contribution in [3.05, 3.63) is 29.3 Å². The highest BCUT2D eigenvalue weighted by atomic mass is 127. The number of halogens is 1. The van der Waals surface area contributed by atoms with Crippen molar-refractivity contribution in [1.29, 1.82) is 0 Å². The van der Waals surface area contributed by atoms with Crippen LogP contribution in [0.3, 0.4) is 0 Å². The number of ether oxygens (including phenoxy) is 1. The summed E-state index contributed by atoms with van der Waals surface area (Å²) < 4.78 is 5.12. The first kappa shape index (κ1) is 21.0. The van der Waals surface area contributed by atoms with Gasteiger partial charge < -0.3 is 20.3 Å². The lowest BCUT2D eigenvalue weighted by atomic mass is 10.1. The number of rotatable bonds is 6. The van der Waals surface area contributed by atoms with Crippen LogP contribution in [0.4, 0.5) is 5.69 Å². The van der Waals surface area contributed by atoms with E-state index in [1.807, 2.05) is 0 Å². The highest BCUT2D eigenvalue weighted by molar-refractivity contribution is 14.0. The Labute approximate surface area is 151 Å². The molecule has 1 aromatic carbocycles. The topological polar surface area (TPSA) is 48.9 Å². The molecule has 126 valence electrons. The van der Waals surface area contributed by atoms with Gasteiger partial charge in [0.05, 0.1) is 6.61 Å². The average molecular weight is 420 g/mol. The standard InChI is InChI=1S/C16H28N4O.HI/c1-12-9-15(20(4)5)8-7-14(12)10-18-16(17-3)19-13(2)11-21-6;/h7-9,13H,10-11H2,1-6H3,(H2,17,18,19);1H. The van der Waals surface area contributed by atoms with Crippen LogP contribution < -0.4 is 15.5 Å². The van der Waals surface area contributed by atoms with Gasteiger partial charge in [-0.3, -0.25) is 4.99 Å². The second-order valence-electron chi connectivity index (χ2n) is 5.43. The molecule has 1 atom stereocenters. The van der Waals surface area contributed by atoms with E-state index >= 15 is 0 Å². The highest BCUT2D eigenvalue weighted by Crippen LogP contribution is 2.17. The van der Waals surface area contributed by atoms with E-state index < -0.39 is 0 Å². The average Bonchev–Trinajstić information content (AvgIpc) is 2.44. The molecule has 6 heteroatoms. The molecular formula is C16H29IN4O. The molecule has 0 fully saturated rings. The molecule has 0 heterocycles. The molecule has 22 heavy (non-hydrogen) atoms. The lowest BCUT2D eigenvalue weighted by Crippen LogP contribution is -2.43. The number of aryl methyl sites for hydroxylation is 1. The number of hydrogen-bond donors (Lipinski definition) is 2. The quantitative estimate of drug-likeness (QED) is 0.422. The lowest BCUT2D eigenvalue weighted by Gasteiger charge is -2.19. The van der Waals surface area contributed by atoms with E-state index in [2.05, 4.69) is 66.7 Å². The minimum atomic E-state index is 0. The lowest BCUT2D eigenvalue weighted by molar-refractivity contribution is 0.179. The van der Waals surface area contributed by atoms with Gasteiger partial charge in [0.15, 0.2) is 5.96 Å². The zero-order valence-electron chi connectivity index (χ0n) is 14.4. The van der Waals surface area contributed by atoms with Crippen LogP contribution in [0.5, 0.6) is 0 Å². The zero-order chi connectivity index (χ0) is 15.8. The van der Waals surface area contributed by atoms with E-state index in [4.69, 9.17) is 4.74 Å². The highest BCUT2D eigenvalue weighted by Gasteiger charge is 2.06. The van der Waals surface area contributed by atoms with E-state index in [1.54, 1.807) is 14.2 Å². The van der Waals surface area contributed by atoms with E-state index in [-0.39, 0.29) is 30.0 Å². The Hall–Kier alpha value is -1.02. The smallest absolute Gasteiger partial charge is 0.191 e. The number of hydrogen-bond acceptors (Lipinski definition) is 3. The van der Waals surface area contributed by atoms with Crippen LogP contribution >= 0.6 is 24.0 Å². The van der Waals surface area contributed by atoms with Crippen LogP contribution in [0.2, 0.25) is 0 Å². The van der Waals surface area contributed by atoms with Crippen LogP contribution in [-0.4, -0.2) is 46.9 Å². The van der Waals surface area contributed by atoms with Gasteiger partial charge in [-0.25, -0.2) is 0 Å². The molecule has 0 aliphatic carbocycles. The van der Waals surface area contributed by atoms with Gasteiger partial charge in [0.2, 0.25) is 0 Å². The SMILES string of the molecule is CN=C(NCc1ccc(N(C)C)cc1C)NC(C)COC.I. The van der Waals surface area contributed by atoms with E-state index in [0.717, 1.165) is 12.5 Å². The first-order chi connectivity index (χ1) is 9.97. The largest absolute Gasteiger partial charge is 0.383 e. The normalized spacial score (nSPS) is 12.4. The Morgan fingerprint density at radius 2 is 2.05 bits per heavy atom. The summed E-state index contributed by atoms with van der Waals surface area (Å²) in [5.41, 5.74) is 3.75. The molecule has 1 rings (SSSR count). The first-order valence-corrected chi connectivity index (χ1v) is 7.21. The molecule has 2 N–H and O–H groups in total. The van der Waals surface area contributed by atoms with Crippen molar-refractivity contribution in [2.75, 3.05) is 39.8 Å². The van der Waals surface area contributed by atoms with Crippen molar-refractivity contribution in [3.8, 4) is 0 Å². The number of aliphatic imine (C=N–C) groups is 1. The Morgan fingerprint density at radius 3 is 2.55 bits per heavy atom. The Balaban J connectivity index is 0.00000441. The fourth-order valence-electron chi connectivity index (χ4n) is 2.06. The van der Waals surface area contributed by atoms with Gasteiger partial charge in [-0.15, -0.1) is 24.0 Å². The van der Waals surface area contributed by atoms with Crippen molar-refractivity contribution >= 4 is 35.6 Å². The van der Waals surface area contributed by atoms with E-state index in [1.165, 1.54) is 16.8 Å². The molecule has 1 aromatic rings. The molecule has 0 bridgehead atoms. The van der Waals surface area contributed by atoms with Crippen LogP contribution in [0.15, 0.2) is 23.2 Å². The maximum atomic E-state index is 5.12. The number of nitrogens with one attached hydrogen (secondary N) is 2. The second kappa shape index (κ2) is 10.7. The summed E-state index contributed by atoms with van der Waals surface area (Å²) in [6.07, 6.45) is 0. The molecule has 0 saturated heterocycles. The Bertz CT molecular complexity index is 477. The number of nitrogens with zero attached hydrogens (tertiary/aromatic N) is 2. The van der Waals surface area contributed by atoms with E-state index in [9.17, 15) is 0 Å². The van der Waals surface area contributed by atoms with Gasteiger partial charge in [0, 0.05) is 46.5 Å². The van der Waals surface area contributed by atoms with Crippen molar-refractivity contribution in [2.45, 2.75) is 26.4 Å². The molecule has 0 amide bonds. The van der Waals surface area contributed by atoms with Crippen LogP contribution in [0.25, 0.3) is 0 Å². The van der Waals surface area contributed by atoms with Gasteiger partial charge in [-0.2, -0.15) is 0 Å². The van der Waals surface area contributed by atoms with Crippen molar-refractivity contribution in [1.82, 2.24) is 10.6 Å². The van der Waals surface area contributed by atoms with Gasteiger partial charge >= 0.3 is 0 Å². The molecule has 0 aromatic heterocycles. The maximum absolute atomic E-state index is 5.12. The minimum absolute atomic E-state index is 0. The number of methoxy groups -OCH3 is 1.